The molecule has 0 aliphatic rings. The summed E-state index contributed by atoms with van der Waals surface area (Å²) in [5, 5.41) is 2.73. The Kier molecular flexibility index (Phi) is 3.75. The van der Waals surface area contributed by atoms with E-state index >= 15 is 0 Å². The lowest BCUT2D eigenvalue weighted by Gasteiger charge is -2.14. The second kappa shape index (κ2) is 5.48. The summed E-state index contributed by atoms with van der Waals surface area (Å²) in [5.41, 5.74) is 6.03. The highest BCUT2D eigenvalue weighted by Crippen LogP contribution is 2.25. The Hall–Kier alpha value is -2.43. The van der Waals surface area contributed by atoms with Crippen LogP contribution in [0.4, 0.5) is 11.6 Å². The Morgan fingerprint density at radius 3 is 2.63 bits per heavy atom. The van der Waals surface area contributed by atoms with Crippen LogP contribution in [0.3, 0.4) is 0 Å². The van der Waals surface area contributed by atoms with Gasteiger partial charge in [0.2, 0.25) is 0 Å². The SMILES string of the molecule is CC(C)Oc1ccccc1NC(=O)c1ccc(N)o1. The van der Waals surface area contributed by atoms with E-state index in [-0.39, 0.29) is 23.7 Å². The average Bonchev–Trinajstić information content (AvgIpc) is 2.78. The number of nitrogens with two attached hydrogens (primary N) is 1. The number of hydrogen-bond donors (Lipinski definition) is 2. The zero-order chi connectivity index (χ0) is 13.8. The molecule has 0 spiro atoms. The summed E-state index contributed by atoms with van der Waals surface area (Å²) in [6.45, 7) is 3.84. The summed E-state index contributed by atoms with van der Waals surface area (Å²) in [4.78, 5) is 11.9. The number of nitrogen functional groups attached to an aromatic ring is 1. The first kappa shape index (κ1) is 13.0. The average molecular weight is 260 g/mol. The van der Waals surface area contributed by atoms with Gasteiger partial charge in [-0.3, -0.25) is 4.79 Å². The van der Waals surface area contributed by atoms with Crippen molar-refractivity contribution in [3.8, 4) is 5.75 Å². The van der Waals surface area contributed by atoms with Crippen LogP contribution >= 0.6 is 0 Å². The molecule has 0 bridgehead atoms. The molecule has 5 heteroatoms. The number of carbonyl (C=O) groups excluding carboxylic acids is 1. The zero-order valence-electron chi connectivity index (χ0n) is 10.8. The van der Waals surface area contributed by atoms with Gasteiger partial charge in [0, 0.05) is 6.07 Å². The van der Waals surface area contributed by atoms with E-state index < -0.39 is 0 Å². The molecule has 0 saturated heterocycles. The van der Waals surface area contributed by atoms with E-state index in [2.05, 4.69) is 5.32 Å². The topological polar surface area (TPSA) is 77.5 Å². The molecule has 0 atom stereocenters. The molecular formula is C14H16N2O3. The van der Waals surface area contributed by atoms with Gasteiger partial charge < -0.3 is 20.2 Å². The number of para-hydroxylation sites is 2. The van der Waals surface area contributed by atoms with Gasteiger partial charge in [-0.2, -0.15) is 0 Å². The van der Waals surface area contributed by atoms with E-state index in [1.165, 1.54) is 12.1 Å². The van der Waals surface area contributed by atoms with Crippen molar-refractivity contribution >= 4 is 17.5 Å². The highest BCUT2D eigenvalue weighted by molar-refractivity contribution is 6.03. The van der Waals surface area contributed by atoms with Crippen LogP contribution in [0.25, 0.3) is 0 Å². The van der Waals surface area contributed by atoms with E-state index in [9.17, 15) is 4.79 Å². The number of anilines is 2. The van der Waals surface area contributed by atoms with Gasteiger partial charge in [-0.1, -0.05) is 12.1 Å². The number of benzene rings is 1. The lowest BCUT2D eigenvalue weighted by Crippen LogP contribution is -2.13. The third-order valence-electron chi connectivity index (χ3n) is 2.35. The molecule has 0 fully saturated rings. The second-order valence-corrected chi connectivity index (χ2v) is 4.32. The summed E-state index contributed by atoms with van der Waals surface area (Å²) in [7, 11) is 0. The monoisotopic (exact) mass is 260 g/mol. The van der Waals surface area contributed by atoms with Crippen LogP contribution in [0.1, 0.15) is 24.4 Å². The largest absolute Gasteiger partial charge is 0.489 e. The fraction of sp³-hybridized carbons (Fsp3) is 0.214. The number of hydrogen-bond acceptors (Lipinski definition) is 4. The van der Waals surface area contributed by atoms with Crippen molar-refractivity contribution in [2.24, 2.45) is 0 Å². The first-order valence-corrected chi connectivity index (χ1v) is 5.98. The van der Waals surface area contributed by atoms with Crippen molar-refractivity contribution in [3.63, 3.8) is 0 Å². The standard InChI is InChI=1S/C14H16N2O3/c1-9(2)18-11-6-4-3-5-10(11)16-14(17)12-7-8-13(15)19-12/h3-9H,15H2,1-2H3,(H,16,17). The van der Waals surface area contributed by atoms with Crippen LogP contribution in [0.15, 0.2) is 40.8 Å². The van der Waals surface area contributed by atoms with Gasteiger partial charge in [-0.05, 0) is 32.0 Å². The molecular weight excluding hydrogens is 244 g/mol. The first-order chi connectivity index (χ1) is 9.06. The molecule has 1 heterocycles. The summed E-state index contributed by atoms with van der Waals surface area (Å²) in [6.07, 6.45) is 0.0253. The summed E-state index contributed by atoms with van der Waals surface area (Å²) in [6, 6.07) is 10.3. The smallest absolute Gasteiger partial charge is 0.291 e. The van der Waals surface area contributed by atoms with Crippen molar-refractivity contribution in [2.45, 2.75) is 20.0 Å². The Bertz CT molecular complexity index is 576. The van der Waals surface area contributed by atoms with Gasteiger partial charge in [0.15, 0.2) is 11.6 Å². The Labute approximate surface area is 111 Å². The zero-order valence-corrected chi connectivity index (χ0v) is 10.8. The fourth-order valence-corrected chi connectivity index (χ4v) is 1.59. The van der Waals surface area contributed by atoms with E-state index in [1.807, 2.05) is 26.0 Å². The van der Waals surface area contributed by atoms with E-state index in [1.54, 1.807) is 12.1 Å². The van der Waals surface area contributed by atoms with Gasteiger partial charge in [0.1, 0.15) is 5.75 Å². The Morgan fingerprint density at radius 2 is 2.00 bits per heavy atom. The third kappa shape index (κ3) is 3.28. The normalized spacial score (nSPS) is 10.5. The van der Waals surface area contributed by atoms with Crippen LogP contribution in [0, 0.1) is 0 Å². The molecule has 1 aromatic heterocycles. The molecule has 3 N–H and O–H groups in total. The molecule has 1 aromatic carbocycles. The summed E-state index contributed by atoms with van der Waals surface area (Å²) >= 11 is 0. The minimum atomic E-state index is -0.364. The van der Waals surface area contributed by atoms with Crippen LogP contribution in [-0.4, -0.2) is 12.0 Å². The minimum absolute atomic E-state index is 0.0253. The maximum absolute atomic E-state index is 11.9. The van der Waals surface area contributed by atoms with Gasteiger partial charge >= 0.3 is 0 Å². The van der Waals surface area contributed by atoms with Gasteiger partial charge in [-0.25, -0.2) is 0 Å². The van der Waals surface area contributed by atoms with Gasteiger partial charge in [-0.15, -0.1) is 0 Å². The van der Waals surface area contributed by atoms with Crippen LogP contribution < -0.4 is 15.8 Å². The van der Waals surface area contributed by atoms with Gasteiger partial charge in [0.05, 0.1) is 11.8 Å². The maximum atomic E-state index is 11.9. The Morgan fingerprint density at radius 1 is 1.26 bits per heavy atom. The number of rotatable bonds is 4. The predicted octanol–water partition coefficient (Wildman–Crippen LogP) is 2.90. The van der Waals surface area contributed by atoms with Gasteiger partial charge in [0.25, 0.3) is 5.91 Å². The van der Waals surface area contributed by atoms with Crippen molar-refractivity contribution < 1.29 is 13.9 Å². The quantitative estimate of drug-likeness (QED) is 0.886. The molecule has 100 valence electrons. The van der Waals surface area contributed by atoms with Crippen LogP contribution in [-0.2, 0) is 0 Å². The number of ether oxygens (including phenoxy) is 1. The highest BCUT2D eigenvalue weighted by Gasteiger charge is 2.13. The van der Waals surface area contributed by atoms with Crippen molar-refractivity contribution in [1.82, 2.24) is 0 Å². The van der Waals surface area contributed by atoms with E-state index in [0.29, 0.717) is 11.4 Å². The van der Waals surface area contributed by atoms with Crippen molar-refractivity contribution in [2.75, 3.05) is 11.1 Å². The van der Waals surface area contributed by atoms with Crippen LogP contribution in [0.5, 0.6) is 5.75 Å². The molecule has 0 saturated carbocycles. The summed E-state index contributed by atoms with van der Waals surface area (Å²) in [5.74, 6) is 0.621. The number of amides is 1. The summed E-state index contributed by atoms with van der Waals surface area (Å²) < 4.78 is 10.7. The van der Waals surface area contributed by atoms with E-state index in [0.717, 1.165) is 0 Å². The molecule has 0 radical (unpaired) electrons. The molecule has 2 aromatic rings. The highest BCUT2D eigenvalue weighted by atomic mass is 16.5. The lowest BCUT2D eigenvalue weighted by molar-refractivity contribution is 0.0997. The maximum Gasteiger partial charge on any atom is 0.291 e. The number of nitrogens with one attached hydrogen (secondary N) is 1. The molecule has 19 heavy (non-hydrogen) atoms. The molecule has 1 amide bonds. The molecule has 0 unspecified atom stereocenters. The second-order valence-electron chi connectivity index (χ2n) is 4.32. The predicted molar refractivity (Wildman–Crippen MR) is 73.3 cm³/mol. The first-order valence-electron chi connectivity index (χ1n) is 5.98. The third-order valence-corrected chi connectivity index (χ3v) is 2.35. The number of furan rings is 1. The van der Waals surface area contributed by atoms with E-state index in [4.69, 9.17) is 14.9 Å². The van der Waals surface area contributed by atoms with Crippen molar-refractivity contribution in [1.29, 1.82) is 0 Å². The number of carbonyl (C=O) groups is 1. The molecule has 2 rings (SSSR count). The molecule has 0 aliphatic heterocycles. The molecule has 5 nitrogen and oxygen atoms in total. The Balaban J connectivity index is 2.16. The lowest BCUT2D eigenvalue weighted by atomic mass is 10.2. The fourth-order valence-electron chi connectivity index (χ4n) is 1.59. The minimum Gasteiger partial charge on any atom is -0.489 e. The van der Waals surface area contributed by atoms with Crippen molar-refractivity contribution in [3.05, 3.63) is 42.2 Å². The molecule has 0 aliphatic carbocycles. The van der Waals surface area contributed by atoms with Crippen LogP contribution in [0.2, 0.25) is 0 Å².